The number of rotatable bonds is 4. The number of ether oxygens (including phenoxy) is 1. The van der Waals surface area contributed by atoms with E-state index >= 15 is 0 Å². The maximum atomic E-state index is 5.85. The van der Waals surface area contributed by atoms with Crippen LogP contribution < -0.4 is 11.1 Å². The van der Waals surface area contributed by atoms with Crippen LogP contribution in [-0.4, -0.2) is 25.2 Å². The SMILES string of the molecule is Cc1cc(CN=C(N)NCC2CCCO2)ccc1I. The number of nitrogens with zero attached hydrogens (tertiary/aromatic N) is 1. The number of hydrogen-bond acceptors (Lipinski definition) is 2. The third-order valence-corrected chi connectivity index (χ3v) is 4.40. The molecular weight excluding hydrogens is 353 g/mol. The topological polar surface area (TPSA) is 59.6 Å². The Bertz CT molecular complexity index is 456. The Balaban J connectivity index is 1.81. The third-order valence-electron chi connectivity index (χ3n) is 3.19. The summed E-state index contributed by atoms with van der Waals surface area (Å²) in [5, 5.41) is 3.12. The summed E-state index contributed by atoms with van der Waals surface area (Å²) in [6.07, 6.45) is 2.54. The van der Waals surface area contributed by atoms with E-state index in [2.05, 4.69) is 58.0 Å². The Labute approximate surface area is 128 Å². The minimum absolute atomic E-state index is 0.286. The summed E-state index contributed by atoms with van der Waals surface area (Å²) in [5.74, 6) is 0.492. The number of aliphatic imine (C=N–C) groups is 1. The molecule has 0 saturated carbocycles. The predicted octanol–water partition coefficient (Wildman–Crippen LogP) is 2.18. The predicted molar refractivity (Wildman–Crippen MR) is 86.2 cm³/mol. The van der Waals surface area contributed by atoms with Crippen molar-refractivity contribution in [3.63, 3.8) is 0 Å². The average Bonchev–Trinajstić information content (AvgIpc) is 2.91. The van der Waals surface area contributed by atoms with Gasteiger partial charge in [-0.2, -0.15) is 0 Å². The molecular formula is C14H20IN3O. The first-order chi connectivity index (χ1) is 9.15. The van der Waals surface area contributed by atoms with Gasteiger partial charge >= 0.3 is 0 Å². The third kappa shape index (κ3) is 4.65. The van der Waals surface area contributed by atoms with Crippen molar-refractivity contribution in [1.29, 1.82) is 0 Å². The standard InChI is InChI=1S/C14H20IN3O/c1-10-7-11(4-5-13(10)15)8-17-14(16)18-9-12-3-2-6-19-12/h4-5,7,12H,2-3,6,8-9H2,1H3,(H3,16,17,18). The second kappa shape index (κ2) is 7.09. The van der Waals surface area contributed by atoms with Gasteiger partial charge in [0.1, 0.15) is 0 Å². The van der Waals surface area contributed by atoms with Crippen LogP contribution in [0.15, 0.2) is 23.2 Å². The molecule has 0 amide bonds. The molecule has 1 aliphatic heterocycles. The van der Waals surface area contributed by atoms with E-state index in [0.717, 1.165) is 26.0 Å². The van der Waals surface area contributed by atoms with Gasteiger partial charge in [0.25, 0.3) is 0 Å². The van der Waals surface area contributed by atoms with Crippen molar-refractivity contribution in [2.75, 3.05) is 13.2 Å². The summed E-state index contributed by atoms with van der Waals surface area (Å²) in [4.78, 5) is 4.35. The van der Waals surface area contributed by atoms with Crippen molar-refractivity contribution in [1.82, 2.24) is 5.32 Å². The van der Waals surface area contributed by atoms with Gasteiger partial charge in [0.15, 0.2) is 5.96 Å². The van der Waals surface area contributed by atoms with Crippen LogP contribution in [0.1, 0.15) is 24.0 Å². The Morgan fingerprint density at radius 3 is 3.11 bits per heavy atom. The van der Waals surface area contributed by atoms with Crippen molar-refractivity contribution in [3.05, 3.63) is 32.9 Å². The van der Waals surface area contributed by atoms with E-state index in [1.54, 1.807) is 0 Å². The van der Waals surface area contributed by atoms with Gasteiger partial charge in [-0.3, -0.25) is 0 Å². The van der Waals surface area contributed by atoms with Gasteiger partial charge in [0, 0.05) is 16.7 Å². The fourth-order valence-electron chi connectivity index (χ4n) is 2.06. The molecule has 1 aliphatic rings. The van der Waals surface area contributed by atoms with E-state index < -0.39 is 0 Å². The van der Waals surface area contributed by atoms with E-state index in [4.69, 9.17) is 10.5 Å². The molecule has 4 nitrogen and oxygen atoms in total. The van der Waals surface area contributed by atoms with Gasteiger partial charge in [-0.05, 0) is 59.5 Å². The Morgan fingerprint density at radius 2 is 2.42 bits per heavy atom. The summed E-state index contributed by atoms with van der Waals surface area (Å²) in [6.45, 7) is 4.34. The first-order valence-corrected chi connectivity index (χ1v) is 7.63. The van der Waals surface area contributed by atoms with Crippen LogP contribution in [0.25, 0.3) is 0 Å². The van der Waals surface area contributed by atoms with Gasteiger partial charge in [0.05, 0.1) is 12.6 Å². The second-order valence-corrected chi connectivity index (χ2v) is 5.96. The molecule has 1 aromatic carbocycles. The first kappa shape index (κ1) is 14.6. The van der Waals surface area contributed by atoms with Gasteiger partial charge < -0.3 is 15.8 Å². The highest BCUT2D eigenvalue weighted by atomic mass is 127. The molecule has 1 atom stereocenters. The first-order valence-electron chi connectivity index (χ1n) is 6.55. The largest absolute Gasteiger partial charge is 0.376 e. The Hall–Kier alpha value is -0.820. The van der Waals surface area contributed by atoms with Crippen molar-refractivity contribution >= 4 is 28.6 Å². The van der Waals surface area contributed by atoms with E-state index in [-0.39, 0.29) is 6.10 Å². The molecule has 0 spiro atoms. The summed E-state index contributed by atoms with van der Waals surface area (Å²) >= 11 is 2.33. The number of nitrogens with two attached hydrogens (primary N) is 1. The molecule has 1 unspecified atom stereocenters. The quantitative estimate of drug-likeness (QED) is 0.483. The second-order valence-electron chi connectivity index (χ2n) is 4.80. The molecule has 2 rings (SSSR count). The molecule has 5 heteroatoms. The average molecular weight is 373 g/mol. The fraction of sp³-hybridized carbons (Fsp3) is 0.500. The lowest BCUT2D eigenvalue weighted by Crippen LogP contribution is -2.37. The monoisotopic (exact) mass is 373 g/mol. The number of aryl methyl sites for hydroxylation is 1. The Morgan fingerprint density at radius 1 is 1.58 bits per heavy atom. The molecule has 104 valence electrons. The minimum atomic E-state index is 0.286. The van der Waals surface area contributed by atoms with Crippen LogP contribution in [0.4, 0.5) is 0 Å². The molecule has 3 N–H and O–H groups in total. The molecule has 1 fully saturated rings. The number of hydrogen-bond donors (Lipinski definition) is 2. The molecule has 0 aromatic heterocycles. The maximum Gasteiger partial charge on any atom is 0.189 e. The van der Waals surface area contributed by atoms with E-state index in [9.17, 15) is 0 Å². The van der Waals surface area contributed by atoms with Crippen LogP contribution in [0, 0.1) is 10.5 Å². The normalized spacial score (nSPS) is 19.7. The molecule has 0 aliphatic carbocycles. The minimum Gasteiger partial charge on any atom is -0.376 e. The van der Waals surface area contributed by atoms with Crippen LogP contribution in [0.5, 0.6) is 0 Å². The van der Waals surface area contributed by atoms with Crippen molar-refractivity contribution in [2.45, 2.75) is 32.4 Å². The molecule has 1 saturated heterocycles. The van der Waals surface area contributed by atoms with Gasteiger partial charge in [-0.1, -0.05) is 12.1 Å². The zero-order chi connectivity index (χ0) is 13.7. The van der Waals surface area contributed by atoms with Crippen molar-refractivity contribution in [3.8, 4) is 0 Å². The van der Waals surface area contributed by atoms with E-state index in [1.807, 2.05) is 0 Å². The number of halogens is 1. The molecule has 0 radical (unpaired) electrons. The summed E-state index contributed by atoms with van der Waals surface area (Å²) in [5.41, 5.74) is 8.31. The van der Waals surface area contributed by atoms with Crippen LogP contribution in [0.3, 0.4) is 0 Å². The fourth-order valence-corrected chi connectivity index (χ4v) is 2.40. The highest BCUT2D eigenvalue weighted by Crippen LogP contribution is 2.14. The highest BCUT2D eigenvalue weighted by Gasteiger charge is 2.14. The van der Waals surface area contributed by atoms with E-state index in [1.165, 1.54) is 14.7 Å². The summed E-state index contributed by atoms with van der Waals surface area (Å²) in [6, 6.07) is 6.35. The smallest absolute Gasteiger partial charge is 0.189 e. The number of guanidine groups is 1. The number of nitrogens with one attached hydrogen (secondary N) is 1. The van der Waals surface area contributed by atoms with Crippen LogP contribution >= 0.6 is 22.6 Å². The summed E-state index contributed by atoms with van der Waals surface area (Å²) < 4.78 is 6.79. The molecule has 0 bridgehead atoms. The molecule has 19 heavy (non-hydrogen) atoms. The summed E-state index contributed by atoms with van der Waals surface area (Å²) in [7, 11) is 0. The lowest BCUT2D eigenvalue weighted by atomic mass is 10.1. The van der Waals surface area contributed by atoms with Gasteiger partial charge in [-0.15, -0.1) is 0 Å². The molecule has 1 aromatic rings. The zero-order valence-electron chi connectivity index (χ0n) is 11.2. The van der Waals surface area contributed by atoms with Gasteiger partial charge in [0.2, 0.25) is 0 Å². The maximum absolute atomic E-state index is 5.85. The molecule has 1 heterocycles. The Kier molecular flexibility index (Phi) is 5.45. The van der Waals surface area contributed by atoms with Crippen molar-refractivity contribution < 1.29 is 4.74 Å². The highest BCUT2D eigenvalue weighted by molar-refractivity contribution is 14.1. The van der Waals surface area contributed by atoms with Crippen LogP contribution in [-0.2, 0) is 11.3 Å². The van der Waals surface area contributed by atoms with Gasteiger partial charge in [-0.25, -0.2) is 4.99 Å². The number of benzene rings is 1. The van der Waals surface area contributed by atoms with E-state index in [0.29, 0.717) is 12.5 Å². The lowest BCUT2D eigenvalue weighted by Gasteiger charge is -2.11. The lowest BCUT2D eigenvalue weighted by molar-refractivity contribution is 0.114. The van der Waals surface area contributed by atoms with Crippen LogP contribution in [0.2, 0.25) is 0 Å². The van der Waals surface area contributed by atoms with Crippen molar-refractivity contribution in [2.24, 2.45) is 10.7 Å². The zero-order valence-corrected chi connectivity index (χ0v) is 13.3.